The fourth-order valence-electron chi connectivity index (χ4n) is 3.00. The van der Waals surface area contributed by atoms with E-state index in [2.05, 4.69) is 6.07 Å². The number of carbonyl (C=O) groups excluding carboxylic acids is 2. The van der Waals surface area contributed by atoms with Gasteiger partial charge in [0.05, 0.1) is 30.9 Å². The highest BCUT2D eigenvalue weighted by atomic mass is 16.6. The first-order valence-corrected chi connectivity index (χ1v) is 7.08. The normalized spacial score (nSPS) is 13.6. The second-order valence-electron chi connectivity index (χ2n) is 5.36. The highest BCUT2D eigenvalue weighted by molar-refractivity contribution is 5.96. The van der Waals surface area contributed by atoms with Crippen LogP contribution >= 0.6 is 0 Å². The van der Waals surface area contributed by atoms with Crippen LogP contribution in [0.25, 0.3) is 10.9 Å². The lowest BCUT2D eigenvalue weighted by atomic mass is 10.1. The first kappa shape index (κ1) is 13.7. The third kappa shape index (κ3) is 2.09. The maximum absolute atomic E-state index is 12.0. The maximum Gasteiger partial charge on any atom is 0.410 e. The van der Waals surface area contributed by atoms with Crippen LogP contribution in [-0.4, -0.2) is 28.1 Å². The van der Waals surface area contributed by atoms with Crippen molar-refractivity contribution in [3.63, 3.8) is 0 Å². The van der Waals surface area contributed by atoms with Gasteiger partial charge in [0, 0.05) is 17.9 Å². The zero-order valence-electron chi connectivity index (χ0n) is 12.5. The van der Waals surface area contributed by atoms with Gasteiger partial charge in [-0.1, -0.05) is 11.6 Å². The largest absolute Gasteiger partial charge is 0.450 e. The topological polar surface area (TPSA) is 51.5 Å². The second-order valence-corrected chi connectivity index (χ2v) is 5.36. The van der Waals surface area contributed by atoms with E-state index in [0.717, 1.165) is 27.7 Å². The van der Waals surface area contributed by atoms with Gasteiger partial charge in [0.1, 0.15) is 0 Å². The number of aromatic nitrogens is 1. The summed E-state index contributed by atoms with van der Waals surface area (Å²) < 4.78 is 6.77. The standard InChI is InChI=1S/C16H18N2O3/c1-4-21-16(20)17-8-13-12-7-10(2)5-6-14(12)18(11(3)19)15(13)9-17/h5-7H,4,8-9H2,1-3H3. The van der Waals surface area contributed by atoms with Gasteiger partial charge < -0.3 is 4.74 Å². The van der Waals surface area contributed by atoms with E-state index < -0.39 is 0 Å². The summed E-state index contributed by atoms with van der Waals surface area (Å²) in [6, 6.07) is 6.04. The molecular formula is C16H18N2O3. The van der Waals surface area contributed by atoms with Crippen LogP contribution in [0.3, 0.4) is 0 Å². The highest BCUT2D eigenvalue weighted by Crippen LogP contribution is 2.34. The molecule has 0 aliphatic carbocycles. The summed E-state index contributed by atoms with van der Waals surface area (Å²) in [4.78, 5) is 25.5. The molecule has 5 heteroatoms. The van der Waals surface area contributed by atoms with Gasteiger partial charge in [0.25, 0.3) is 0 Å². The van der Waals surface area contributed by atoms with E-state index in [1.165, 1.54) is 0 Å². The number of hydrogen-bond acceptors (Lipinski definition) is 3. The fraction of sp³-hybridized carbons (Fsp3) is 0.375. The van der Waals surface area contributed by atoms with Gasteiger partial charge in [-0.25, -0.2) is 4.79 Å². The summed E-state index contributed by atoms with van der Waals surface area (Å²) in [7, 11) is 0. The number of amides is 1. The van der Waals surface area contributed by atoms with E-state index in [0.29, 0.717) is 19.7 Å². The van der Waals surface area contributed by atoms with E-state index in [4.69, 9.17) is 4.74 Å². The van der Waals surface area contributed by atoms with E-state index in [9.17, 15) is 9.59 Å². The monoisotopic (exact) mass is 286 g/mol. The molecule has 1 aromatic carbocycles. The van der Waals surface area contributed by atoms with Crippen molar-refractivity contribution in [2.75, 3.05) is 6.61 Å². The number of rotatable bonds is 1. The van der Waals surface area contributed by atoms with Crippen molar-refractivity contribution in [3.8, 4) is 0 Å². The molecule has 0 radical (unpaired) electrons. The van der Waals surface area contributed by atoms with Gasteiger partial charge in [-0.05, 0) is 26.0 Å². The maximum atomic E-state index is 12.0. The number of nitrogens with zero attached hydrogens (tertiary/aromatic N) is 2. The smallest absolute Gasteiger partial charge is 0.410 e. The number of fused-ring (bicyclic) bond motifs is 3. The molecule has 2 aromatic rings. The van der Waals surface area contributed by atoms with Crippen LogP contribution < -0.4 is 0 Å². The van der Waals surface area contributed by atoms with Gasteiger partial charge in [0.15, 0.2) is 0 Å². The van der Waals surface area contributed by atoms with Gasteiger partial charge in [-0.15, -0.1) is 0 Å². The summed E-state index contributed by atoms with van der Waals surface area (Å²) in [5, 5.41) is 1.05. The molecule has 3 rings (SSSR count). The van der Waals surface area contributed by atoms with Gasteiger partial charge in [0.2, 0.25) is 5.91 Å². The Morgan fingerprint density at radius 3 is 2.71 bits per heavy atom. The molecule has 1 aliphatic heterocycles. The lowest BCUT2D eigenvalue weighted by molar-refractivity contribution is 0.0927. The Morgan fingerprint density at radius 2 is 2.05 bits per heavy atom. The van der Waals surface area contributed by atoms with Crippen molar-refractivity contribution in [1.29, 1.82) is 0 Å². The van der Waals surface area contributed by atoms with Crippen LogP contribution in [0.1, 0.15) is 35.5 Å². The quantitative estimate of drug-likeness (QED) is 0.809. The summed E-state index contributed by atoms with van der Waals surface area (Å²) in [5.41, 5.74) is 4.01. The minimum atomic E-state index is -0.329. The van der Waals surface area contributed by atoms with Crippen LogP contribution in [0.4, 0.5) is 4.79 Å². The van der Waals surface area contributed by atoms with Crippen LogP contribution in [0.5, 0.6) is 0 Å². The van der Waals surface area contributed by atoms with Crippen molar-refractivity contribution in [2.24, 2.45) is 0 Å². The Hall–Kier alpha value is -2.30. The van der Waals surface area contributed by atoms with Gasteiger partial charge >= 0.3 is 6.09 Å². The van der Waals surface area contributed by atoms with Gasteiger partial charge in [-0.3, -0.25) is 14.3 Å². The molecule has 0 N–H and O–H groups in total. The molecule has 5 nitrogen and oxygen atoms in total. The predicted molar refractivity (Wildman–Crippen MR) is 79.2 cm³/mol. The molecule has 0 saturated heterocycles. The first-order valence-electron chi connectivity index (χ1n) is 7.08. The highest BCUT2D eigenvalue weighted by Gasteiger charge is 2.31. The van der Waals surface area contributed by atoms with Crippen molar-refractivity contribution in [2.45, 2.75) is 33.9 Å². The average Bonchev–Trinajstić information content (AvgIpc) is 2.95. The zero-order valence-corrected chi connectivity index (χ0v) is 12.5. The van der Waals surface area contributed by atoms with E-state index in [-0.39, 0.29) is 12.0 Å². The molecule has 0 fully saturated rings. The third-order valence-electron chi connectivity index (χ3n) is 3.87. The zero-order chi connectivity index (χ0) is 15.1. The fourth-order valence-corrected chi connectivity index (χ4v) is 3.00. The van der Waals surface area contributed by atoms with Crippen LogP contribution in [0.15, 0.2) is 18.2 Å². The number of benzene rings is 1. The Morgan fingerprint density at radius 1 is 1.29 bits per heavy atom. The molecule has 2 heterocycles. The summed E-state index contributed by atoms with van der Waals surface area (Å²) >= 11 is 0. The Kier molecular flexibility index (Phi) is 3.20. The summed E-state index contributed by atoms with van der Waals surface area (Å²) in [6.07, 6.45) is -0.329. The molecular weight excluding hydrogens is 268 g/mol. The number of ether oxygens (including phenoxy) is 1. The first-order chi connectivity index (χ1) is 10.0. The van der Waals surface area contributed by atoms with Crippen molar-refractivity contribution in [3.05, 3.63) is 35.0 Å². The Bertz CT molecular complexity index is 746. The van der Waals surface area contributed by atoms with Crippen molar-refractivity contribution < 1.29 is 14.3 Å². The molecule has 1 amide bonds. The molecule has 21 heavy (non-hydrogen) atoms. The van der Waals surface area contributed by atoms with Gasteiger partial charge in [-0.2, -0.15) is 0 Å². The third-order valence-corrected chi connectivity index (χ3v) is 3.87. The molecule has 0 spiro atoms. The van der Waals surface area contributed by atoms with Crippen molar-refractivity contribution in [1.82, 2.24) is 9.47 Å². The number of hydrogen-bond donors (Lipinski definition) is 0. The van der Waals surface area contributed by atoms with Crippen LogP contribution in [0.2, 0.25) is 0 Å². The molecule has 0 saturated carbocycles. The molecule has 0 atom stereocenters. The Balaban J connectivity index is 2.11. The van der Waals surface area contributed by atoms with E-state index >= 15 is 0 Å². The minimum absolute atomic E-state index is 0.0317. The predicted octanol–water partition coefficient (Wildman–Crippen LogP) is 3.08. The SMILES string of the molecule is CCOC(=O)N1Cc2c(n(C(C)=O)c3ccc(C)cc23)C1. The number of aryl methyl sites for hydroxylation is 1. The van der Waals surface area contributed by atoms with Crippen LogP contribution in [-0.2, 0) is 17.8 Å². The lowest BCUT2D eigenvalue weighted by Crippen LogP contribution is -2.27. The molecule has 0 bridgehead atoms. The minimum Gasteiger partial charge on any atom is -0.450 e. The molecule has 110 valence electrons. The molecule has 0 unspecified atom stereocenters. The second kappa shape index (κ2) is 4.91. The average molecular weight is 286 g/mol. The summed E-state index contributed by atoms with van der Waals surface area (Å²) in [6.45, 7) is 6.62. The van der Waals surface area contributed by atoms with Crippen molar-refractivity contribution >= 4 is 22.9 Å². The van der Waals surface area contributed by atoms with Crippen LogP contribution in [0, 0.1) is 6.92 Å². The summed E-state index contributed by atoms with van der Waals surface area (Å²) in [5.74, 6) is -0.0317. The molecule has 1 aliphatic rings. The van der Waals surface area contributed by atoms with E-state index in [1.807, 2.05) is 19.1 Å². The van der Waals surface area contributed by atoms with E-state index in [1.54, 1.807) is 23.3 Å². The Labute approximate surface area is 123 Å². The molecule has 1 aromatic heterocycles. The number of carbonyl (C=O) groups is 2. The lowest BCUT2D eigenvalue weighted by Gasteiger charge is -2.16.